The molecule has 0 bridgehead atoms. The topological polar surface area (TPSA) is 96.0 Å². The number of ether oxygens (including phenoxy) is 1. The molecule has 1 aromatic rings. The summed E-state index contributed by atoms with van der Waals surface area (Å²) < 4.78 is 31.2. The zero-order valence-corrected chi connectivity index (χ0v) is 17.8. The highest BCUT2D eigenvalue weighted by atomic mass is 32.2. The van der Waals surface area contributed by atoms with E-state index in [2.05, 4.69) is 19.2 Å². The van der Waals surface area contributed by atoms with Crippen molar-refractivity contribution in [3.05, 3.63) is 29.8 Å². The fourth-order valence-electron chi connectivity index (χ4n) is 3.59. The van der Waals surface area contributed by atoms with Crippen molar-refractivity contribution in [2.24, 2.45) is 5.92 Å². The van der Waals surface area contributed by atoms with E-state index in [1.165, 1.54) is 4.31 Å². The van der Waals surface area contributed by atoms with Crippen LogP contribution in [0.4, 0.5) is 5.69 Å². The molecule has 0 aliphatic carbocycles. The van der Waals surface area contributed by atoms with E-state index in [1.54, 1.807) is 4.90 Å². The normalized spacial score (nSPS) is 21.0. The molecule has 9 heteroatoms. The fourth-order valence-corrected chi connectivity index (χ4v) is 4.91. The van der Waals surface area contributed by atoms with E-state index < -0.39 is 15.9 Å². The number of nitrogens with one attached hydrogen (secondary N) is 1. The van der Waals surface area contributed by atoms with Crippen LogP contribution in [0.5, 0.6) is 0 Å². The molecule has 2 saturated heterocycles. The Hall–Kier alpha value is -1.97. The molecule has 2 aliphatic rings. The number of amides is 2. The third kappa shape index (κ3) is 5.34. The van der Waals surface area contributed by atoms with Gasteiger partial charge in [-0.05, 0) is 23.6 Å². The average molecular weight is 424 g/mol. The Morgan fingerprint density at radius 1 is 1.28 bits per heavy atom. The van der Waals surface area contributed by atoms with Crippen LogP contribution in [-0.4, -0.2) is 69.7 Å². The third-order valence-corrected chi connectivity index (χ3v) is 7.24. The summed E-state index contributed by atoms with van der Waals surface area (Å²) in [5.74, 6) is -0.652. The molecule has 160 valence electrons. The van der Waals surface area contributed by atoms with E-state index in [1.807, 2.05) is 24.3 Å². The lowest BCUT2D eigenvalue weighted by Crippen LogP contribution is -2.44. The first kappa shape index (κ1) is 21.7. The molecular formula is C20H29N3O5S. The minimum Gasteiger partial charge on any atom is -0.379 e. The summed E-state index contributed by atoms with van der Waals surface area (Å²) in [5.41, 5.74) is 1.93. The number of hydrogen-bond acceptors (Lipinski definition) is 5. The van der Waals surface area contributed by atoms with Gasteiger partial charge in [0.2, 0.25) is 21.8 Å². The second-order valence-electron chi connectivity index (χ2n) is 7.77. The highest BCUT2D eigenvalue weighted by Crippen LogP contribution is 2.27. The summed E-state index contributed by atoms with van der Waals surface area (Å²) in [7, 11) is -3.42. The monoisotopic (exact) mass is 423 g/mol. The Morgan fingerprint density at radius 3 is 2.69 bits per heavy atom. The molecule has 1 atom stereocenters. The Kier molecular flexibility index (Phi) is 6.92. The maximum atomic E-state index is 12.5. The number of anilines is 1. The van der Waals surface area contributed by atoms with E-state index in [9.17, 15) is 18.0 Å². The lowest BCUT2D eigenvalue weighted by atomic mass is 10.0. The highest BCUT2D eigenvalue weighted by molar-refractivity contribution is 7.89. The van der Waals surface area contributed by atoms with Gasteiger partial charge in [-0.15, -0.1) is 0 Å². The van der Waals surface area contributed by atoms with E-state index in [0.717, 1.165) is 11.3 Å². The molecule has 0 radical (unpaired) electrons. The zero-order chi connectivity index (χ0) is 21.0. The molecule has 29 heavy (non-hydrogen) atoms. The Balaban J connectivity index is 1.53. The van der Waals surface area contributed by atoms with Crippen LogP contribution in [0.2, 0.25) is 0 Å². The van der Waals surface area contributed by atoms with Gasteiger partial charge in [-0.2, -0.15) is 4.31 Å². The first-order valence-corrected chi connectivity index (χ1v) is 11.6. The largest absolute Gasteiger partial charge is 0.379 e. The minimum absolute atomic E-state index is 0.0338. The lowest BCUT2D eigenvalue weighted by molar-refractivity contribution is -0.126. The van der Waals surface area contributed by atoms with E-state index in [0.29, 0.717) is 38.8 Å². The number of benzene rings is 1. The van der Waals surface area contributed by atoms with Gasteiger partial charge in [0.15, 0.2) is 0 Å². The molecule has 3 rings (SSSR count). The molecule has 2 aliphatic heterocycles. The predicted octanol–water partition coefficient (Wildman–Crippen LogP) is 0.941. The fraction of sp³-hybridized carbons (Fsp3) is 0.600. The number of rotatable bonds is 7. The van der Waals surface area contributed by atoms with Gasteiger partial charge in [-0.25, -0.2) is 8.42 Å². The summed E-state index contributed by atoms with van der Waals surface area (Å²) in [4.78, 5) is 26.6. The molecule has 1 aromatic carbocycles. The molecule has 8 nitrogen and oxygen atoms in total. The Bertz CT molecular complexity index is 849. The first-order valence-electron chi connectivity index (χ1n) is 10.0. The second kappa shape index (κ2) is 9.23. The third-order valence-electron chi connectivity index (χ3n) is 5.37. The van der Waals surface area contributed by atoms with Crippen molar-refractivity contribution in [2.45, 2.75) is 26.2 Å². The second-order valence-corrected chi connectivity index (χ2v) is 9.86. The Labute approximate surface area is 172 Å². The van der Waals surface area contributed by atoms with Gasteiger partial charge in [0.1, 0.15) is 0 Å². The summed E-state index contributed by atoms with van der Waals surface area (Å²) in [6, 6.07) is 7.80. The number of morpholine rings is 1. The molecule has 2 fully saturated rings. The highest BCUT2D eigenvalue weighted by Gasteiger charge is 2.35. The van der Waals surface area contributed by atoms with Crippen molar-refractivity contribution in [2.75, 3.05) is 50.0 Å². The first-order chi connectivity index (χ1) is 13.8. The van der Waals surface area contributed by atoms with Gasteiger partial charge in [0.05, 0.1) is 24.9 Å². The molecule has 2 heterocycles. The van der Waals surface area contributed by atoms with Crippen LogP contribution in [0.15, 0.2) is 24.3 Å². The minimum atomic E-state index is -3.42. The van der Waals surface area contributed by atoms with Gasteiger partial charge in [-0.1, -0.05) is 26.0 Å². The van der Waals surface area contributed by atoms with Crippen LogP contribution in [-0.2, 0) is 24.3 Å². The maximum absolute atomic E-state index is 12.5. The lowest BCUT2D eigenvalue weighted by Gasteiger charge is -2.26. The molecule has 0 saturated carbocycles. The molecular weight excluding hydrogens is 394 g/mol. The number of sulfonamides is 1. The van der Waals surface area contributed by atoms with Gasteiger partial charge >= 0.3 is 0 Å². The van der Waals surface area contributed by atoms with Crippen molar-refractivity contribution >= 4 is 27.5 Å². The Morgan fingerprint density at radius 2 is 2.00 bits per heavy atom. The van der Waals surface area contributed by atoms with Crippen LogP contribution in [0.25, 0.3) is 0 Å². The van der Waals surface area contributed by atoms with Crippen LogP contribution in [0.3, 0.4) is 0 Å². The van der Waals surface area contributed by atoms with Crippen molar-refractivity contribution in [3.8, 4) is 0 Å². The molecule has 2 amide bonds. The number of carbonyl (C=O) groups is 2. The van der Waals surface area contributed by atoms with Crippen LogP contribution in [0, 0.1) is 5.92 Å². The van der Waals surface area contributed by atoms with Crippen molar-refractivity contribution in [1.82, 2.24) is 9.62 Å². The van der Waals surface area contributed by atoms with Gasteiger partial charge in [0, 0.05) is 38.3 Å². The number of carbonyl (C=O) groups excluding carboxylic acids is 2. The van der Waals surface area contributed by atoms with Crippen molar-refractivity contribution < 1.29 is 22.7 Å². The summed E-state index contributed by atoms with van der Waals surface area (Å²) >= 11 is 0. The number of hydrogen-bond donors (Lipinski definition) is 1. The average Bonchev–Trinajstić information content (AvgIpc) is 3.10. The van der Waals surface area contributed by atoms with Crippen LogP contribution < -0.4 is 10.2 Å². The number of nitrogens with zero attached hydrogens (tertiary/aromatic N) is 2. The molecule has 0 aromatic heterocycles. The van der Waals surface area contributed by atoms with Crippen LogP contribution in [0.1, 0.15) is 31.7 Å². The van der Waals surface area contributed by atoms with E-state index >= 15 is 0 Å². The maximum Gasteiger partial charge on any atom is 0.227 e. The summed E-state index contributed by atoms with van der Waals surface area (Å²) in [6.45, 7) is 6.00. The van der Waals surface area contributed by atoms with Crippen molar-refractivity contribution in [1.29, 1.82) is 0 Å². The molecule has 0 spiro atoms. The van der Waals surface area contributed by atoms with Gasteiger partial charge in [0.25, 0.3) is 0 Å². The quantitative estimate of drug-likeness (QED) is 0.704. The SMILES string of the molecule is CC(C)c1cccc(N2CC(C(=O)NCCS(=O)(=O)N3CCOCC3)CC2=O)c1. The van der Waals surface area contributed by atoms with E-state index in [4.69, 9.17) is 4.74 Å². The van der Waals surface area contributed by atoms with Gasteiger partial charge in [-0.3, -0.25) is 9.59 Å². The van der Waals surface area contributed by atoms with Crippen molar-refractivity contribution in [3.63, 3.8) is 0 Å². The summed E-state index contributed by atoms with van der Waals surface area (Å²) in [5, 5.41) is 2.69. The smallest absolute Gasteiger partial charge is 0.227 e. The van der Waals surface area contributed by atoms with Crippen LogP contribution >= 0.6 is 0 Å². The zero-order valence-electron chi connectivity index (χ0n) is 17.0. The standard InChI is InChI=1S/C20H29N3O5S/c1-15(2)16-4-3-5-18(12-16)23-14-17(13-19(23)24)20(25)21-6-11-29(26,27)22-7-9-28-10-8-22/h3-5,12,15,17H,6-11,13-14H2,1-2H3,(H,21,25). The predicted molar refractivity (Wildman–Crippen MR) is 110 cm³/mol. The van der Waals surface area contributed by atoms with E-state index in [-0.39, 0.29) is 30.5 Å². The molecule has 1 N–H and O–H groups in total. The van der Waals surface area contributed by atoms with Gasteiger partial charge < -0.3 is 15.0 Å². The summed E-state index contributed by atoms with van der Waals surface area (Å²) in [6.07, 6.45) is 0.133. The molecule has 1 unspecified atom stereocenters.